The van der Waals surface area contributed by atoms with Gasteiger partial charge in [0.05, 0.1) is 18.4 Å². The van der Waals surface area contributed by atoms with Gasteiger partial charge in [-0.2, -0.15) is 0 Å². The van der Waals surface area contributed by atoms with Gasteiger partial charge in [-0.1, -0.05) is 11.8 Å². The summed E-state index contributed by atoms with van der Waals surface area (Å²) in [5.74, 6) is 4.64. The minimum absolute atomic E-state index is 0.0267. The molecule has 0 saturated carbocycles. The molecule has 1 rings (SSSR count). The maximum absolute atomic E-state index is 11.9. The van der Waals surface area contributed by atoms with E-state index in [-0.39, 0.29) is 24.5 Å². The molecule has 0 amide bonds. The Labute approximate surface area is 117 Å². The first-order valence-corrected chi connectivity index (χ1v) is 7.24. The number of carbonyl (C=O) groups excluding carboxylic acids is 1. The van der Waals surface area contributed by atoms with E-state index in [0.29, 0.717) is 5.56 Å². The van der Waals surface area contributed by atoms with Gasteiger partial charge in [-0.25, -0.2) is 13.1 Å². The molecule has 1 aromatic carbocycles. The van der Waals surface area contributed by atoms with Crippen molar-refractivity contribution < 1.29 is 23.1 Å². The number of rotatable bonds is 5. The molecule has 0 radical (unpaired) electrons. The van der Waals surface area contributed by atoms with Crippen molar-refractivity contribution >= 4 is 16.0 Å². The van der Waals surface area contributed by atoms with E-state index < -0.39 is 16.0 Å². The fourth-order valence-corrected chi connectivity index (χ4v) is 2.36. The molecule has 0 bridgehead atoms. The molecule has 108 valence electrons. The predicted molar refractivity (Wildman–Crippen MR) is 72.2 cm³/mol. The second-order valence-corrected chi connectivity index (χ2v) is 5.48. The molecule has 0 aliphatic carbocycles. The molecular formula is C13H15NO5S. The molecule has 20 heavy (non-hydrogen) atoms. The topological polar surface area (TPSA) is 92.7 Å². The second-order valence-electron chi connectivity index (χ2n) is 3.71. The molecule has 7 heteroatoms. The average molecular weight is 297 g/mol. The number of aliphatic hydroxyl groups is 1. The highest BCUT2D eigenvalue weighted by molar-refractivity contribution is 7.89. The van der Waals surface area contributed by atoms with Crippen molar-refractivity contribution in [2.24, 2.45) is 0 Å². The van der Waals surface area contributed by atoms with Gasteiger partial charge in [0.25, 0.3) is 0 Å². The molecule has 0 saturated heterocycles. The van der Waals surface area contributed by atoms with Gasteiger partial charge in [0.15, 0.2) is 0 Å². The van der Waals surface area contributed by atoms with Crippen molar-refractivity contribution in [1.29, 1.82) is 0 Å². The Morgan fingerprint density at radius 1 is 1.35 bits per heavy atom. The lowest BCUT2D eigenvalue weighted by Crippen LogP contribution is -2.26. The molecule has 0 aliphatic heterocycles. The summed E-state index contributed by atoms with van der Waals surface area (Å²) in [7, 11) is -2.42. The van der Waals surface area contributed by atoms with Crippen molar-refractivity contribution in [2.75, 3.05) is 20.3 Å². The maximum atomic E-state index is 11.9. The van der Waals surface area contributed by atoms with Crippen LogP contribution in [0.25, 0.3) is 0 Å². The summed E-state index contributed by atoms with van der Waals surface area (Å²) < 4.78 is 30.5. The zero-order valence-electron chi connectivity index (χ0n) is 10.9. The van der Waals surface area contributed by atoms with Crippen LogP contribution in [0.2, 0.25) is 0 Å². The number of carbonyl (C=O) groups is 1. The molecule has 0 atom stereocenters. The van der Waals surface area contributed by atoms with E-state index in [1.54, 1.807) is 0 Å². The minimum Gasteiger partial charge on any atom is -0.469 e. The van der Waals surface area contributed by atoms with Crippen LogP contribution >= 0.6 is 0 Å². The highest BCUT2D eigenvalue weighted by Crippen LogP contribution is 2.09. The summed E-state index contributed by atoms with van der Waals surface area (Å²) in [6.45, 7) is -0.282. The first kappa shape index (κ1) is 16.2. The number of methoxy groups -OCH3 is 1. The summed E-state index contributed by atoms with van der Waals surface area (Å²) >= 11 is 0. The first-order valence-electron chi connectivity index (χ1n) is 5.76. The van der Waals surface area contributed by atoms with Crippen LogP contribution in [0.1, 0.15) is 12.0 Å². The largest absolute Gasteiger partial charge is 0.469 e. The smallest absolute Gasteiger partial charge is 0.306 e. The molecule has 2 N–H and O–H groups in total. The van der Waals surface area contributed by atoms with E-state index in [1.807, 2.05) is 0 Å². The third-order valence-corrected chi connectivity index (χ3v) is 3.80. The number of sulfonamides is 1. The third-order valence-electron chi connectivity index (χ3n) is 2.33. The molecular weight excluding hydrogens is 282 g/mol. The van der Waals surface area contributed by atoms with Crippen molar-refractivity contribution in [3.05, 3.63) is 29.8 Å². The van der Waals surface area contributed by atoms with Crippen LogP contribution in [-0.4, -0.2) is 39.8 Å². The Morgan fingerprint density at radius 2 is 2.00 bits per heavy atom. The quantitative estimate of drug-likeness (QED) is 0.583. The normalized spacial score (nSPS) is 10.5. The highest BCUT2D eigenvalue weighted by Gasteiger charge is 2.13. The standard InChI is InChI=1S/C13H15NO5S/c1-19-13(16)8-9-14-20(17,18)12-6-4-11(5-7-12)3-2-10-15/h4-7,14-15H,8-10H2,1H3. The second kappa shape index (κ2) is 7.65. The first-order chi connectivity index (χ1) is 9.49. The molecule has 0 fully saturated rings. The zero-order valence-corrected chi connectivity index (χ0v) is 11.7. The number of benzene rings is 1. The number of nitrogens with one attached hydrogen (secondary N) is 1. The lowest BCUT2D eigenvalue weighted by atomic mass is 10.2. The Hall–Kier alpha value is -1.88. The molecule has 0 heterocycles. The highest BCUT2D eigenvalue weighted by atomic mass is 32.2. The molecule has 0 unspecified atom stereocenters. The van der Waals surface area contributed by atoms with Gasteiger partial charge in [-0.15, -0.1) is 0 Å². The maximum Gasteiger partial charge on any atom is 0.306 e. The van der Waals surface area contributed by atoms with E-state index in [1.165, 1.54) is 31.4 Å². The minimum atomic E-state index is -3.66. The number of hydrogen-bond acceptors (Lipinski definition) is 5. The fraction of sp³-hybridized carbons (Fsp3) is 0.308. The van der Waals surface area contributed by atoms with E-state index in [0.717, 1.165) is 0 Å². The van der Waals surface area contributed by atoms with Crippen LogP contribution in [0.4, 0.5) is 0 Å². The zero-order chi connectivity index (χ0) is 15.0. The predicted octanol–water partition coefficient (Wildman–Crippen LogP) is -0.128. The number of aliphatic hydroxyl groups excluding tert-OH is 1. The Kier molecular flexibility index (Phi) is 6.18. The Morgan fingerprint density at radius 3 is 2.55 bits per heavy atom. The van der Waals surface area contributed by atoms with Gasteiger partial charge >= 0.3 is 5.97 Å². The van der Waals surface area contributed by atoms with Crippen LogP contribution < -0.4 is 4.72 Å². The van der Waals surface area contributed by atoms with Crippen molar-refractivity contribution in [2.45, 2.75) is 11.3 Å². The summed E-state index contributed by atoms with van der Waals surface area (Å²) in [4.78, 5) is 11.0. The van der Waals surface area contributed by atoms with E-state index in [4.69, 9.17) is 5.11 Å². The number of hydrogen-bond donors (Lipinski definition) is 2. The van der Waals surface area contributed by atoms with Gasteiger partial charge < -0.3 is 9.84 Å². The van der Waals surface area contributed by atoms with E-state index in [9.17, 15) is 13.2 Å². The summed E-state index contributed by atoms with van der Waals surface area (Å²) in [5, 5.41) is 8.56. The molecule has 0 aliphatic rings. The van der Waals surface area contributed by atoms with Crippen molar-refractivity contribution in [1.82, 2.24) is 4.72 Å². The third kappa shape index (κ3) is 5.01. The molecule has 6 nitrogen and oxygen atoms in total. The summed E-state index contributed by atoms with van der Waals surface area (Å²) in [6.07, 6.45) is -0.0320. The van der Waals surface area contributed by atoms with Crippen LogP contribution in [-0.2, 0) is 19.6 Å². The lowest BCUT2D eigenvalue weighted by molar-refractivity contribution is -0.140. The van der Waals surface area contributed by atoms with Crippen molar-refractivity contribution in [3.63, 3.8) is 0 Å². The van der Waals surface area contributed by atoms with Crippen LogP contribution in [0, 0.1) is 11.8 Å². The van der Waals surface area contributed by atoms with Gasteiger partial charge in [0.2, 0.25) is 10.0 Å². The molecule has 0 spiro atoms. The van der Waals surface area contributed by atoms with Gasteiger partial charge in [-0.05, 0) is 24.3 Å². The molecule has 1 aromatic rings. The van der Waals surface area contributed by atoms with E-state index >= 15 is 0 Å². The number of esters is 1. The summed E-state index contributed by atoms with van der Waals surface area (Å²) in [5.41, 5.74) is 0.604. The monoisotopic (exact) mass is 297 g/mol. The van der Waals surface area contributed by atoms with Crippen LogP contribution in [0.3, 0.4) is 0 Å². The van der Waals surface area contributed by atoms with Crippen molar-refractivity contribution in [3.8, 4) is 11.8 Å². The SMILES string of the molecule is COC(=O)CCNS(=O)(=O)c1ccc(C#CCO)cc1. The van der Waals surface area contributed by atoms with Crippen LogP contribution in [0.5, 0.6) is 0 Å². The Bertz CT molecular complexity index is 610. The van der Waals surface area contributed by atoms with E-state index in [2.05, 4.69) is 21.3 Å². The van der Waals surface area contributed by atoms with Crippen LogP contribution in [0.15, 0.2) is 29.2 Å². The summed E-state index contributed by atoms with van der Waals surface area (Å²) in [6, 6.07) is 5.89. The number of ether oxygens (including phenoxy) is 1. The fourth-order valence-electron chi connectivity index (χ4n) is 1.33. The lowest BCUT2D eigenvalue weighted by Gasteiger charge is -2.06. The molecule has 0 aromatic heterocycles. The average Bonchev–Trinajstić information content (AvgIpc) is 2.45. The van der Waals surface area contributed by atoms with Gasteiger partial charge in [0, 0.05) is 12.1 Å². The van der Waals surface area contributed by atoms with Gasteiger partial charge in [-0.3, -0.25) is 4.79 Å². The Balaban J connectivity index is 2.70. The van der Waals surface area contributed by atoms with Gasteiger partial charge in [0.1, 0.15) is 6.61 Å².